The molecule has 4 aromatic rings. The van der Waals surface area contributed by atoms with Crippen LogP contribution in [-0.4, -0.2) is 59.7 Å². The SMILES string of the molecule is O=C(CC(c1ccccc1)c1cn(Cc2ccccc2)c2ccc([N+](=O)[O-])cc12)NCCN1CCOCC1. The highest BCUT2D eigenvalue weighted by Gasteiger charge is 2.24. The molecule has 1 unspecified atom stereocenters. The fraction of sp³-hybridized carbons (Fsp3) is 0.300. The molecule has 8 heteroatoms. The minimum absolute atomic E-state index is 0.0398. The molecule has 0 aliphatic carbocycles. The molecule has 1 saturated heterocycles. The van der Waals surface area contributed by atoms with Crippen molar-refractivity contribution in [1.29, 1.82) is 0 Å². The number of rotatable bonds is 10. The molecule has 0 radical (unpaired) electrons. The van der Waals surface area contributed by atoms with Crippen molar-refractivity contribution >= 4 is 22.5 Å². The number of morpholine rings is 1. The molecule has 8 nitrogen and oxygen atoms in total. The van der Waals surface area contributed by atoms with Gasteiger partial charge in [0.2, 0.25) is 5.91 Å². The molecule has 196 valence electrons. The molecule has 1 aliphatic rings. The third kappa shape index (κ3) is 6.10. The highest BCUT2D eigenvalue weighted by molar-refractivity contribution is 5.88. The Labute approximate surface area is 222 Å². The normalized spacial score (nSPS) is 14.8. The predicted octanol–water partition coefficient (Wildman–Crippen LogP) is 4.57. The van der Waals surface area contributed by atoms with Crippen molar-refractivity contribution in [3.05, 3.63) is 112 Å². The van der Waals surface area contributed by atoms with Gasteiger partial charge in [-0.05, 0) is 22.8 Å². The van der Waals surface area contributed by atoms with Gasteiger partial charge in [-0.2, -0.15) is 0 Å². The maximum atomic E-state index is 13.2. The molecule has 1 N–H and O–H groups in total. The summed E-state index contributed by atoms with van der Waals surface area (Å²) >= 11 is 0. The molecule has 1 aromatic heterocycles. The summed E-state index contributed by atoms with van der Waals surface area (Å²) in [6.45, 7) is 5.19. The van der Waals surface area contributed by atoms with Crippen LogP contribution in [0.2, 0.25) is 0 Å². The first kappa shape index (κ1) is 25.6. The van der Waals surface area contributed by atoms with E-state index >= 15 is 0 Å². The molecule has 0 spiro atoms. The van der Waals surface area contributed by atoms with E-state index in [1.165, 1.54) is 0 Å². The topological polar surface area (TPSA) is 89.6 Å². The number of hydrogen-bond donors (Lipinski definition) is 1. The number of nitrogens with one attached hydrogen (secondary N) is 1. The van der Waals surface area contributed by atoms with Gasteiger partial charge in [-0.1, -0.05) is 60.7 Å². The second-order valence-electron chi connectivity index (χ2n) is 9.63. The number of nitro groups is 1. The lowest BCUT2D eigenvalue weighted by Crippen LogP contribution is -2.41. The molecule has 0 bridgehead atoms. The van der Waals surface area contributed by atoms with E-state index in [-0.39, 0.29) is 28.9 Å². The Hall–Kier alpha value is -4.01. The summed E-state index contributed by atoms with van der Waals surface area (Å²) in [7, 11) is 0. The van der Waals surface area contributed by atoms with E-state index in [1.54, 1.807) is 12.1 Å². The van der Waals surface area contributed by atoms with Crippen LogP contribution >= 0.6 is 0 Å². The van der Waals surface area contributed by atoms with Crippen LogP contribution < -0.4 is 5.32 Å². The zero-order valence-corrected chi connectivity index (χ0v) is 21.3. The van der Waals surface area contributed by atoms with E-state index in [1.807, 2.05) is 54.6 Å². The predicted molar refractivity (Wildman–Crippen MR) is 147 cm³/mol. The number of non-ortho nitro benzene ring substituents is 1. The Morgan fingerprint density at radius 1 is 1.00 bits per heavy atom. The molecule has 2 heterocycles. The number of aromatic nitrogens is 1. The Bertz CT molecular complexity index is 1380. The van der Waals surface area contributed by atoms with E-state index in [0.29, 0.717) is 13.1 Å². The van der Waals surface area contributed by atoms with Crippen molar-refractivity contribution in [3.8, 4) is 0 Å². The average Bonchev–Trinajstić information content (AvgIpc) is 3.30. The van der Waals surface area contributed by atoms with Crippen molar-refractivity contribution in [1.82, 2.24) is 14.8 Å². The van der Waals surface area contributed by atoms with Crippen molar-refractivity contribution in [3.63, 3.8) is 0 Å². The van der Waals surface area contributed by atoms with E-state index in [9.17, 15) is 14.9 Å². The Kier molecular flexibility index (Phi) is 8.11. The van der Waals surface area contributed by atoms with Crippen molar-refractivity contribution in [2.45, 2.75) is 18.9 Å². The van der Waals surface area contributed by atoms with E-state index < -0.39 is 0 Å². The zero-order valence-electron chi connectivity index (χ0n) is 21.3. The van der Waals surface area contributed by atoms with Gasteiger partial charge in [0.05, 0.1) is 18.1 Å². The molecule has 5 rings (SSSR count). The van der Waals surface area contributed by atoms with Gasteiger partial charge in [0, 0.05) is 74.3 Å². The Morgan fingerprint density at radius 3 is 2.42 bits per heavy atom. The molecule has 1 atom stereocenters. The third-order valence-corrected chi connectivity index (χ3v) is 7.12. The standard InChI is InChI=1S/C30H32N4O4/c35-30(31-13-14-32-15-17-38-18-16-32)20-26(24-9-5-2-6-10-24)28-22-33(21-23-7-3-1-4-8-23)29-12-11-25(34(36)37)19-27(28)29/h1-12,19,22,26H,13-18,20-21H2,(H,31,35). The van der Waals surface area contributed by atoms with Crippen LogP contribution in [0.1, 0.15) is 29.0 Å². The lowest BCUT2D eigenvalue weighted by molar-refractivity contribution is -0.384. The molecular formula is C30H32N4O4. The van der Waals surface area contributed by atoms with Crippen LogP contribution in [0, 0.1) is 10.1 Å². The molecule has 3 aromatic carbocycles. The number of benzene rings is 3. The van der Waals surface area contributed by atoms with Crippen LogP contribution in [0.4, 0.5) is 5.69 Å². The van der Waals surface area contributed by atoms with Crippen molar-refractivity contribution in [2.75, 3.05) is 39.4 Å². The number of carbonyl (C=O) groups excluding carboxylic acids is 1. The molecule has 1 aliphatic heterocycles. The number of carbonyl (C=O) groups is 1. The summed E-state index contributed by atoms with van der Waals surface area (Å²) in [5.41, 5.74) is 3.99. The maximum absolute atomic E-state index is 13.2. The minimum atomic E-state index is -0.367. The van der Waals surface area contributed by atoms with Gasteiger partial charge >= 0.3 is 0 Å². The molecule has 1 fully saturated rings. The van der Waals surface area contributed by atoms with E-state index in [0.717, 1.165) is 60.4 Å². The monoisotopic (exact) mass is 512 g/mol. The Balaban J connectivity index is 1.46. The fourth-order valence-electron chi connectivity index (χ4n) is 5.14. The Morgan fingerprint density at radius 2 is 1.71 bits per heavy atom. The van der Waals surface area contributed by atoms with Gasteiger partial charge in [-0.25, -0.2) is 0 Å². The van der Waals surface area contributed by atoms with E-state index in [4.69, 9.17) is 4.74 Å². The maximum Gasteiger partial charge on any atom is 0.270 e. The lowest BCUT2D eigenvalue weighted by Gasteiger charge is -2.26. The van der Waals surface area contributed by atoms with Crippen LogP contribution in [0.25, 0.3) is 10.9 Å². The van der Waals surface area contributed by atoms with Crippen LogP contribution in [0.5, 0.6) is 0 Å². The number of fused-ring (bicyclic) bond motifs is 1. The zero-order chi connectivity index (χ0) is 26.3. The first-order valence-corrected chi connectivity index (χ1v) is 13.0. The summed E-state index contributed by atoms with van der Waals surface area (Å²) in [6, 6.07) is 25.0. The van der Waals surface area contributed by atoms with Crippen LogP contribution in [0.15, 0.2) is 85.1 Å². The van der Waals surface area contributed by atoms with E-state index in [2.05, 4.69) is 33.1 Å². The lowest BCUT2D eigenvalue weighted by atomic mass is 9.88. The van der Waals surface area contributed by atoms with Crippen LogP contribution in [-0.2, 0) is 16.1 Å². The first-order valence-electron chi connectivity index (χ1n) is 13.0. The number of nitro benzene ring substituents is 1. The number of hydrogen-bond acceptors (Lipinski definition) is 5. The van der Waals surface area contributed by atoms with Gasteiger partial charge in [0.15, 0.2) is 0 Å². The second-order valence-corrected chi connectivity index (χ2v) is 9.63. The average molecular weight is 513 g/mol. The fourth-order valence-corrected chi connectivity index (χ4v) is 5.14. The summed E-state index contributed by atoms with van der Waals surface area (Å²) in [4.78, 5) is 26.7. The van der Waals surface area contributed by atoms with Crippen LogP contribution in [0.3, 0.4) is 0 Å². The summed E-state index contributed by atoms with van der Waals surface area (Å²) in [5.74, 6) is -0.289. The number of amides is 1. The largest absolute Gasteiger partial charge is 0.379 e. The third-order valence-electron chi connectivity index (χ3n) is 7.12. The van der Waals surface area contributed by atoms with Crippen molar-refractivity contribution in [2.24, 2.45) is 0 Å². The smallest absolute Gasteiger partial charge is 0.270 e. The van der Waals surface area contributed by atoms with Gasteiger partial charge in [-0.15, -0.1) is 0 Å². The molecule has 38 heavy (non-hydrogen) atoms. The minimum Gasteiger partial charge on any atom is -0.379 e. The van der Waals surface area contributed by atoms with Gasteiger partial charge < -0.3 is 14.6 Å². The number of nitrogens with zero attached hydrogens (tertiary/aromatic N) is 3. The quantitative estimate of drug-likeness (QED) is 0.248. The highest BCUT2D eigenvalue weighted by Crippen LogP contribution is 2.36. The molecular weight excluding hydrogens is 480 g/mol. The molecule has 0 saturated carbocycles. The highest BCUT2D eigenvalue weighted by atomic mass is 16.6. The summed E-state index contributed by atoms with van der Waals surface area (Å²) in [6.07, 6.45) is 2.31. The second kappa shape index (κ2) is 12.0. The first-order chi connectivity index (χ1) is 18.6. The summed E-state index contributed by atoms with van der Waals surface area (Å²) in [5, 5.41) is 15.5. The van der Waals surface area contributed by atoms with Gasteiger partial charge in [0.25, 0.3) is 5.69 Å². The molecule has 1 amide bonds. The van der Waals surface area contributed by atoms with Crippen molar-refractivity contribution < 1.29 is 14.5 Å². The van der Waals surface area contributed by atoms with Gasteiger partial charge in [-0.3, -0.25) is 19.8 Å². The number of ether oxygens (including phenoxy) is 1. The van der Waals surface area contributed by atoms with Gasteiger partial charge in [0.1, 0.15) is 0 Å². The summed E-state index contributed by atoms with van der Waals surface area (Å²) < 4.78 is 7.52.